The second-order valence-corrected chi connectivity index (χ2v) is 4.79. The van der Waals surface area contributed by atoms with Gasteiger partial charge in [-0.2, -0.15) is 0 Å². The second-order valence-electron chi connectivity index (χ2n) is 3.08. The summed E-state index contributed by atoms with van der Waals surface area (Å²) in [7, 11) is 0. The molecule has 15 heavy (non-hydrogen) atoms. The van der Waals surface area contributed by atoms with Gasteiger partial charge >= 0.3 is 0 Å². The number of aryl methyl sites for hydroxylation is 1. The standard InChI is InChI=1S/C10H10ClN3S/c1-7-2-3-8(15-7)6-13-9-4-5-12-10(11)14-9/h2-5H,6H2,1H3,(H,12,13,14). The Labute approximate surface area is 97.2 Å². The molecular formula is C10H10ClN3S. The van der Waals surface area contributed by atoms with Crippen molar-refractivity contribution in [3.05, 3.63) is 39.4 Å². The highest BCUT2D eigenvalue weighted by Gasteiger charge is 1.98. The number of hydrogen-bond acceptors (Lipinski definition) is 4. The maximum absolute atomic E-state index is 5.67. The van der Waals surface area contributed by atoms with Crippen molar-refractivity contribution >= 4 is 28.8 Å². The smallest absolute Gasteiger partial charge is 0.224 e. The van der Waals surface area contributed by atoms with Crippen molar-refractivity contribution in [1.82, 2.24) is 9.97 Å². The van der Waals surface area contributed by atoms with Crippen LogP contribution in [0, 0.1) is 6.92 Å². The first-order valence-corrected chi connectivity index (χ1v) is 5.71. The molecule has 0 spiro atoms. The van der Waals surface area contributed by atoms with Crippen molar-refractivity contribution in [2.75, 3.05) is 5.32 Å². The van der Waals surface area contributed by atoms with Crippen molar-refractivity contribution in [1.29, 1.82) is 0 Å². The molecule has 0 radical (unpaired) electrons. The van der Waals surface area contributed by atoms with E-state index in [4.69, 9.17) is 11.6 Å². The highest BCUT2D eigenvalue weighted by molar-refractivity contribution is 7.11. The van der Waals surface area contributed by atoms with E-state index in [1.54, 1.807) is 23.6 Å². The Hall–Kier alpha value is -1.13. The molecule has 0 aliphatic carbocycles. The van der Waals surface area contributed by atoms with E-state index in [0.29, 0.717) is 0 Å². The SMILES string of the molecule is Cc1ccc(CNc2ccnc(Cl)n2)s1. The molecule has 78 valence electrons. The predicted octanol–water partition coefficient (Wildman–Crippen LogP) is 3.11. The van der Waals surface area contributed by atoms with Gasteiger partial charge in [-0.25, -0.2) is 9.97 Å². The van der Waals surface area contributed by atoms with Crippen LogP contribution < -0.4 is 5.32 Å². The molecule has 0 unspecified atom stereocenters. The monoisotopic (exact) mass is 239 g/mol. The molecule has 0 bridgehead atoms. The Balaban J connectivity index is 1.99. The summed E-state index contributed by atoms with van der Waals surface area (Å²) in [6, 6.07) is 6.01. The van der Waals surface area contributed by atoms with Crippen molar-refractivity contribution < 1.29 is 0 Å². The number of rotatable bonds is 3. The lowest BCUT2D eigenvalue weighted by Crippen LogP contribution is -1.99. The van der Waals surface area contributed by atoms with E-state index in [0.717, 1.165) is 12.4 Å². The average molecular weight is 240 g/mol. The number of thiophene rings is 1. The molecule has 2 aromatic heterocycles. The van der Waals surface area contributed by atoms with Crippen molar-refractivity contribution in [2.45, 2.75) is 13.5 Å². The second kappa shape index (κ2) is 4.59. The van der Waals surface area contributed by atoms with Gasteiger partial charge < -0.3 is 5.32 Å². The maximum Gasteiger partial charge on any atom is 0.224 e. The van der Waals surface area contributed by atoms with Gasteiger partial charge in [-0.1, -0.05) is 0 Å². The molecule has 2 aromatic rings. The average Bonchev–Trinajstić information content (AvgIpc) is 2.62. The van der Waals surface area contributed by atoms with E-state index in [-0.39, 0.29) is 5.28 Å². The highest BCUT2D eigenvalue weighted by atomic mass is 35.5. The first-order chi connectivity index (χ1) is 7.24. The fourth-order valence-electron chi connectivity index (χ4n) is 1.19. The van der Waals surface area contributed by atoms with Crippen LogP contribution in [0.5, 0.6) is 0 Å². The van der Waals surface area contributed by atoms with E-state index < -0.39 is 0 Å². The summed E-state index contributed by atoms with van der Waals surface area (Å²) in [6.45, 7) is 2.86. The van der Waals surface area contributed by atoms with Gasteiger partial charge in [0.25, 0.3) is 0 Å². The molecule has 0 atom stereocenters. The largest absolute Gasteiger partial charge is 0.365 e. The van der Waals surface area contributed by atoms with Crippen LogP contribution in [0.2, 0.25) is 5.28 Å². The molecule has 0 saturated heterocycles. The summed E-state index contributed by atoms with van der Waals surface area (Å²) < 4.78 is 0. The number of hydrogen-bond donors (Lipinski definition) is 1. The van der Waals surface area contributed by atoms with Crippen LogP contribution in [0.15, 0.2) is 24.4 Å². The van der Waals surface area contributed by atoms with Crippen LogP contribution in [0.4, 0.5) is 5.82 Å². The summed E-state index contributed by atoms with van der Waals surface area (Å²) >= 11 is 7.44. The Morgan fingerprint density at radius 1 is 1.40 bits per heavy atom. The van der Waals surface area contributed by atoms with E-state index in [2.05, 4.69) is 34.3 Å². The topological polar surface area (TPSA) is 37.8 Å². The van der Waals surface area contributed by atoms with Crippen molar-refractivity contribution in [3.8, 4) is 0 Å². The van der Waals surface area contributed by atoms with Crippen molar-refractivity contribution in [2.24, 2.45) is 0 Å². The van der Waals surface area contributed by atoms with Gasteiger partial charge in [0.2, 0.25) is 5.28 Å². The third-order valence-corrected chi connectivity index (χ3v) is 3.05. The van der Waals surface area contributed by atoms with E-state index in [9.17, 15) is 0 Å². The molecule has 0 aliphatic rings. The molecule has 0 aromatic carbocycles. The predicted molar refractivity (Wildman–Crippen MR) is 63.4 cm³/mol. The molecule has 3 nitrogen and oxygen atoms in total. The lowest BCUT2D eigenvalue weighted by Gasteiger charge is -2.02. The van der Waals surface area contributed by atoms with Crippen LogP contribution >= 0.6 is 22.9 Å². The molecule has 0 fully saturated rings. The third kappa shape index (κ3) is 2.91. The van der Waals surface area contributed by atoms with Gasteiger partial charge in [0.15, 0.2) is 0 Å². The molecular weight excluding hydrogens is 230 g/mol. The normalized spacial score (nSPS) is 10.3. The Morgan fingerprint density at radius 2 is 2.27 bits per heavy atom. The fourth-order valence-corrected chi connectivity index (χ4v) is 2.17. The zero-order valence-corrected chi connectivity index (χ0v) is 9.77. The van der Waals surface area contributed by atoms with Crippen molar-refractivity contribution in [3.63, 3.8) is 0 Å². The Morgan fingerprint density at radius 3 is 2.93 bits per heavy atom. The van der Waals surface area contributed by atoms with E-state index >= 15 is 0 Å². The minimum Gasteiger partial charge on any atom is -0.365 e. The molecule has 1 N–H and O–H groups in total. The number of halogens is 1. The Kier molecular flexibility index (Phi) is 3.18. The first kappa shape index (κ1) is 10.4. The molecule has 0 aliphatic heterocycles. The minimum atomic E-state index is 0.266. The first-order valence-electron chi connectivity index (χ1n) is 4.52. The maximum atomic E-state index is 5.67. The van der Waals surface area contributed by atoms with Gasteiger partial charge in [-0.15, -0.1) is 11.3 Å². The summed E-state index contributed by atoms with van der Waals surface area (Å²) in [5.74, 6) is 0.751. The fraction of sp³-hybridized carbons (Fsp3) is 0.200. The summed E-state index contributed by atoms with van der Waals surface area (Å²) in [5, 5.41) is 3.46. The van der Waals surface area contributed by atoms with Crippen LogP contribution in [0.3, 0.4) is 0 Å². The number of nitrogens with one attached hydrogen (secondary N) is 1. The third-order valence-electron chi connectivity index (χ3n) is 1.87. The lowest BCUT2D eigenvalue weighted by molar-refractivity contribution is 1.10. The van der Waals surface area contributed by atoms with Gasteiger partial charge in [0, 0.05) is 16.0 Å². The van der Waals surface area contributed by atoms with E-state index in [1.165, 1.54) is 9.75 Å². The Bertz CT molecular complexity index is 455. The summed E-state index contributed by atoms with van der Waals surface area (Å²) in [6.07, 6.45) is 1.64. The lowest BCUT2D eigenvalue weighted by atomic mass is 10.4. The van der Waals surface area contributed by atoms with Crippen LogP contribution in [-0.4, -0.2) is 9.97 Å². The van der Waals surface area contributed by atoms with Gasteiger partial charge in [-0.3, -0.25) is 0 Å². The van der Waals surface area contributed by atoms with Gasteiger partial charge in [0.1, 0.15) is 5.82 Å². The summed E-state index contributed by atoms with van der Waals surface area (Å²) in [4.78, 5) is 10.5. The highest BCUT2D eigenvalue weighted by Crippen LogP contribution is 2.16. The minimum absolute atomic E-state index is 0.266. The molecule has 0 saturated carbocycles. The zero-order valence-electron chi connectivity index (χ0n) is 8.20. The number of anilines is 1. The van der Waals surface area contributed by atoms with Gasteiger partial charge in [0.05, 0.1) is 6.54 Å². The molecule has 2 rings (SSSR count). The number of nitrogens with zero attached hydrogens (tertiary/aromatic N) is 2. The summed E-state index contributed by atoms with van der Waals surface area (Å²) in [5.41, 5.74) is 0. The molecule has 0 amide bonds. The number of aromatic nitrogens is 2. The molecule has 5 heteroatoms. The van der Waals surface area contributed by atoms with Crippen LogP contribution in [-0.2, 0) is 6.54 Å². The van der Waals surface area contributed by atoms with Gasteiger partial charge in [-0.05, 0) is 36.7 Å². The van der Waals surface area contributed by atoms with Crippen LogP contribution in [0.1, 0.15) is 9.75 Å². The van der Waals surface area contributed by atoms with Crippen LogP contribution in [0.25, 0.3) is 0 Å². The quantitative estimate of drug-likeness (QED) is 0.837. The van der Waals surface area contributed by atoms with E-state index in [1.807, 2.05) is 0 Å². The molecule has 2 heterocycles. The zero-order chi connectivity index (χ0) is 10.7.